The Kier molecular flexibility index (Phi) is 8.89. The fraction of sp³-hybridized carbons (Fsp3) is 0.500. The highest BCUT2D eigenvalue weighted by molar-refractivity contribution is 5.97. The van der Waals surface area contributed by atoms with Crippen LogP contribution in [0, 0.1) is 0 Å². The summed E-state index contributed by atoms with van der Waals surface area (Å²) in [4.78, 5) is 15.8. The molecule has 1 atom stereocenters. The summed E-state index contributed by atoms with van der Waals surface area (Å²) in [5.41, 5.74) is 6.38. The van der Waals surface area contributed by atoms with E-state index in [0.717, 1.165) is 4.57 Å². The number of nitrogens with one attached hydrogen (secondary N) is 1. The van der Waals surface area contributed by atoms with Crippen LogP contribution in [0.2, 0.25) is 0 Å². The van der Waals surface area contributed by atoms with Gasteiger partial charge in [0.25, 0.3) is 5.91 Å². The highest BCUT2D eigenvalue weighted by Crippen LogP contribution is 2.33. The summed E-state index contributed by atoms with van der Waals surface area (Å²) in [6.45, 7) is 5.55. The first-order chi connectivity index (χ1) is 11.1. The summed E-state index contributed by atoms with van der Waals surface area (Å²) in [5, 5.41) is 2.69. The van der Waals surface area contributed by atoms with E-state index in [1.807, 2.05) is 6.92 Å². The normalized spacial score (nSPS) is 12.5. The second kappa shape index (κ2) is 9.43. The Morgan fingerprint density at radius 2 is 1.88 bits per heavy atom. The fourth-order valence-electron chi connectivity index (χ4n) is 2.48. The quantitative estimate of drug-likeness (QED) is 0.777. The monoisotopic (exact) mass is 414 g/mol. The van der Waals surface area contributed by atoms with Gasteiger partial charge in [0, 0.05) is 24.2 Å². The summed E-state index contributed by atoms with van der Waals surface area (Å²) < 4.78 is 40.7. The van der Waals surface area contributed by atoms with Crippen molar-refractivity contribution in [1.29, 1.82) is 0 Å². The zero-order valence-corrected chi connectivity index (χ0v) is 16.3. The molecule has 1 amide bonds. The number of amides is 1. The van der Waals surface area contributed by atoms with Crippen LogP contribution in [0.5, 0.6) is 0 Å². The molecular formula is C16H23Cl2F3N4O. The molecule has 1 heterocycles. The first-order valence-corrected chi connectivity index (χ1v) is 7.74. The van der Waals surface area contributed by atoms with Gasteiger partial charge < -0.3 is 15.6 Å². The van der Waals surface area contributed by atoms with E-state index in [1.165, 1.54) is 18.2 Å². The van der Waals surface area contributed by atoms with Crippen molar-refractivity contribution in [2.75, 3.05) is 6.54 Å². The average molecular weight is 415 g/mol. The second-order valence-electron chi connectivity index (χ2n) is 6.12. The predicted octanol–water partition coefficient (Wildman–Crippen LogP) is 3.95. The summed E-state index contributed by atoms with van der Waals surface area (Å²) >= 11 is 0. The number of fused-ring (bicyclic) bond motifs is 1. The number of halogens is 5. The van der Waals surface area contributed by atoms with E-state index in [-0.39, 0.29) is 47.8 Å². The smallest absolute Gasteiger partial charge is 0.352 e. The molecule has 2 rings (SSSR count). The van der Waals surface area contributed by atoms with E-state index in [2.05, 4.69) is 10.3 Å². The maximum atomic E-state index is 13.2. The molecule has 1 aromatic heterocycles. The van der Waals surface area contributed by atoms with Crippen LogP contribution in [0.3, 0.4) is 0 Å². The van der Waals surface area contributed by atoms with Crippen molar-refractivity contribution < 1.29 is 18.0 Å². The number of hydrogen-bond donors (Lipinski definition) is 2. The Morgan fingerprint density at radius 1 is 1.27 bits per heavy atom. The van der Waals surface area contributed by atoms with Gasteiger partial charge in [-0.1, -0.05) is 0 Å². The fourth-order valence-corrected chi connectivity index (χ4v) is 2.48. The molecule has 0 aliphatic rings. The van der Waals surface area contributed by atoms with Crippen LogP contribution in [0.4, 0.5) is 13.2 Å². The minimum Gasteiger partial charge on any atom is -0.352 e. The van der Waals surface area contributed by atoms with Crippen molar-refractivity contribution >= 4 is 41.8 Å². The van der Waals surface area contributed by atoms with Gasteiger partial charge in [-0.05, 0) is 45.4 Å². The number of nitrogens with zero attached hydrogens (tertiary/aromatic N) is 2. The predicted molar refractivity (Wildman–Crippen MR) is 100 cm³/mol. The van der Waals surface area contributed by atoms with E-state index in [1.54, 1.807) is 13.8 Å². The van der Waals surface area contributed by atoms with Gasteiger partial charge in [0.1, 0.15) is 0 Å². The average Bonchev–Trinajstić information content (AvgIpc) is 2.85. The lowest BCUT2D eigenvalue weighted by Gasteiger charge is -2.14. The molecule has 1 unspecified atom stereocenters. The topological polar surface area (TPSA) is 72.9 Å². The molecule has 0 aliphatic heterocycles. The molecule has 0 bridgehead atoms. The highest BCUT2D eigenvalue weighted by Gasteiger charge is 2.38. The highest BCUT2D eigenvalue weighted by atomic mass is 35.5. The van der Waals surface area contributed by atoms with Crippen molar-refractivity contribution in [1.82, 2.24) is 14.9 Å². The third kappa shape index (κ3) is 5.49. The number of rotatable bonds is 5. The molecule has 0 saturated heterocycles. The number of aromatic nitrogens is 2. The molecule has 10 heteroatoms. The van der Waals surface area contributed by atoms with Crippen molar-refractivity contribution in [2.24, 2.45) is 5.73 Å². The van der Waals surface area contributed by atoms with E-state index in [4.69, 9.17) is 5.73 Å². The minimum atomic E-state index is -4.55. The standard InChI is InChI=1S/C16H21F3N4O.2ClH/c1-9(2)23-13-5-4-11(14(24)21-7-6-10(3)20)8-12(13)22-15(23)16(17,18)19;;/h4-5,8-10H,6-7,20H2,1-3H3,(H,21,24);2*1H. The third-order valence-electron chi connectivity index (χ3n) is 3.61. The Labute approximate surface area is 162 Å². The van der Waals surface area contributed by atoms with Gasteiger partial charge >= 0.3 is 6.18 Å². The lowest BCUT2D eigenvalue weighted by atomic mass is 10.1. The van der Waals surface area contributed by atoms with Crippen molar-refractivity contribution in [2.45, 2.75) is 45.5 Å². The number of benzene rings is 1. The molecule has 0 aliphatic carbocycles. The molecule has 0 saturated carbocycles. The summed E-state index contributed by atoms with van der Waals surface area (Å²) in [6, 6.07) is 3.94. The van der Waals surface area contributed by atoms with E-state index in [0.29, 0.717) is 18.5 Å². The molecular weight excluding hydrogens is 392 g/mol. The molecule has 1 aromatic carbocycles. The van der Waals surface area contributed by atoms with Crippen LogP contribution in [0.25, 0.3) is 11.0 Å². The Hall–Kier alpha value is -1.51. The summed E-state index contributed by atoms with van der Waals surface area (Å²) in [5.74, 6) is -1.31. The molecule has 0 radical (unpaired) electrons. The number of alkyl halides is 3. The first-order valence-electron chi connectivity index (χ1n) is 7.74. The maximum Gasteiger partial charge on any atom is 0.449 e. The molecule has 3 N–H and O–H groups in total. The zero-order chi connectivity index (χ0) is 18.1. The largest absolute Gasteiger partial charge is 0.449 e. The van der Waals surface area contributed by atoms with E-state index < -0.39 is 18.0 Å². The lowest BCUT2D eigenvalue weighted by Crippen LogP contribution is -2.28. The Balaban J connectivity index is 0.00000312. The molecule has 148 valence electrons. The van der Waals surface area contributed by atoms with Gasteiger partial charge in [-0.25, -0.2) is 4.98 Å². The molecule has 26 heavy (non-hydrogen) atoms. The Bertz CT molecular complexity index is 745. The van der Waals surface area contributed by atoms with Gasteiger partial charge in [0.15, 0.2) is 0 Å². The third-order valence-corrected chi connectivity index (χ3v) is 3.61. The number of nitrogens with two attached hydrogens (primary N) is 1. The molecule has 0 fully saturated rings. The van der Waals surface area contributed by atoms with Crippen molar-refractivity contribution in [3.8, 4) is 0 Å². The SMILES string of the molecule is CC(N)CCNC(=O)c1ccc2c(c1)nc(C(F)(F)F)n2C(C)C.Cl.Cl. The van der Waals surface area contributed by atoms with Crippen molar-refractivity contribution in [3.05, 3.63) is 29.6 Å². The summed E-state index contributed by atoms with van der Waals surface area (Å²) in [7, 11) is 0. The van der Waals surface area contributed by atoms with Gasteiger partial charge in [-0.15, -0.1) is 24.8 Å². The van der Waals surface area contributed by atoms with E-state index in [9.17, 15) is 18.0 Å². The number of hydrogen-bond acceptors (Lipinski definition) is 3. The second-order valence-corrected chi connectivity index (χ2v) is 6.12. The molecule has 5 nitrogen and oxygen atoms in total. The van der Waals surface area contributed by atoms with Crippen LogP contribution in [0.1, 0.15) is 49.4 Å². The lowest BCUT2D eigenvalue weighted by molar-refractivity contribution is -0.147. The van der Waals surface area contributed by atoms with Gasteiger partial charge in [-0.3, -0.25) is 4.79 Å². The minimum absolute atomic E-state index is 0. The van der Waals surface area contributed by atoms with Crippen molar-refractivity contribution in [3.63, 3.8) is 0 Å². The van der Waals surface area contributed by atoms with Crippen LogP contribution >= 0.6 is 24.8 Å². The van der Waals surface area contributed by atoms with Gasteiger partial charge in [0.2, 0.25) is 5.82 Å². The van der Waals surface area contributed by atoms with Gasteiger partial charge in [0.05, 0.1) is 11.0 Å². The summed E-state index contributed by atoms with van der Waals surface area (Å²) in [6.07, 6.45) is -3.93. The maximum absolute atomic E-state index is 13.2. The van der Waals surface area contributed by atoms with Crippen LogP contribution in [-0.4, -0.2) is 28.0 Å². The number of carbonyl (C=O) groups excluding carboxylic acids is 1. The van der Waals surface area contributed by atoms with Gasteiger partial charge in [-0.2, -0.15) is 13.2 Å². The first kappa shape index (κ1) is 24.5. The zero-order valence-electron chi connectivity index (χ0n) is 14.6. The van der Waals surface area contributed by atoms with Crippen LogP contribution in [0.15, 0.2) is 18.2 Å². The Morgan fingerprint density at radius 3 is 2.38 bits per heavy atom. The van der Waals surface area contributed by atoms with Crippen LogP contribution < -0.4 is 11.1 Å². The molecule has 2 aromatic rings. The number of imidazole rings is 1. The number of carbonyl (C=O) groups is 1. The van der Waals surface area contributed by atoms with Crippen LogP contribution in [-0.2, 0) is 6.18 Å². The molecule has 0 spiro atoms. The van der Waals surface area contributed by atoms with E-state index >= 15 is 0 Å².